The Balaban J connectivity index is 2.13. The van der Waals surface area contributed by atoms with Crippen molar-refractivity contribution in [3.63, 3.8) is 0 Å². The van der Waals surface area contributed by atoms with Crippen LogP contribution >= 0.6 is 0 Å². The van der Waals surface area contributed by atoms with Crippen LogP contribution in [0.25, 0.3) is 0 Å². The molecule has 2 rings (SSSR count). The van der Waals surface area contributed by atoms with Gasteiger partial charge in [-0.1, -0.05) is 13.3 Å². The third kappa shape index (κ3) is 2.11. The van der Waals surface area contributed by atoms with Gasteiger partial charge in [-0.3, -0.25) is 0 Å². The van der Waals surface area contributed by atoms with Crippen LogP contribution in [0.15, 0.2) is 18.2 Å². The molecule has 3 nitrogen and oxygen atoms in total. The third-order valence-electron chi connectivity index (χ3n) is 3.39. The first-order chi connectivity index (χ1) is 7.70. The lowest BCUT2D eigenvalue weighted by Gasteiger charge is -2.18. The van der Waals surface area contributed by atoms with Crippen molar-refractivity contribution in [2.45, 2.75) is 32.2 Å². The highest BCUT2D eigenvalue weighted by atomic mass is 14.9. The second-order valence-electron chi connectivity index (χ2n) is 4.57. The molecule has 0 aliphatic heterocycles. The van der Waals surface area contributed by atoms with Crippen molar-refractivity contribution in [2.24, 2.45) is 5.92 Å². The normalized spacial score (nSPS) is 24.0. The van der Waals surface area contributed by atoms with Gasteiger partial charge in [0.05, 0.1) is 5.56 Å². The summed E-state index contributed by atoms with van der Waals surface area (Å²) in [7, 11) is 0. The molecule has 1 saturated carbocycles. The molecule has 0 spiro atoms. The van der Waals surface area contributed by atoms with Crippen molar-refractivity contribution in [1.82, 2.24) is 0 Å². The van der Waals surface area contributed by atoms with E-state index < -0.39 is 0 Å². The van der Waals surface area contributed by atoms with Gasteiger partial charge in [0.2, 0.25) is 0 Å². The summed E-state index contributed by atoms with van der Waals surface area (Å²) >= 11 is 0. The van der Waals surface area contributed by atoms with E-state index in [9.17, 15) is 0 Å². The summed E-state index contributed by atoms with van der Waals surface area (Å²) in [5.74, 6) is 0.711. The number of nitrogens with one attached hydrogen (secondary N) is 1. The Morgan fingerprint density at radius 2 is 2.25 bits per heavy atom. The number of nitrogens with zero attached hydrogens (tertiary/aromatic N) is 1. The molecule has 0 amide bonds. The second-order valence-corrected chi connectivity index (χ2v) is 4.57. The maximum Gasteiger partial charge on any atom is 0.101 e. The second kappa shape index (κ2) is 4.44. The van der Waals surface area contributed by atoms with E-state index in [0.29, 0.717) is 23.2 Å². The van der Waals surface area contributed by atoms with E-state index in [1.165, 1.54) is 19.3 Å². The molecular weight excluding hydrogens is 198 g/mol. The zero-order valence-corrected chi connectivity index (χ0v) is 9.53. The molecule has 0 aromatic heterocycles. The molecule has 84 valence electrons. The predicted octanol–water partition coefficient (Wildman–Crippen LogP) is 2.74. The molecule has 0 radical (unpaired) electrons. The fourth-order valence-electron chi connectivity index (χ4n) is 2.32. The Morgan fingerprint density at radius 1 is 1.44 bits per heavy atom. The predicted molar refractivity (Wildman–Crippen MR) is 66.0 cm³/mol. The van der Waals surface area contributed by atoms with E-state index in [2.05, 4.69) is 18.3 Å². The smallest absolute Gasteiger partial charge is 0.101 e. The Hall–Kier alpha value is -1.69. The van der Waals surface area contributed by atoms with Gasteiger partial charge in [0, 0.05) is 17.4 Å². The summed E-state index contributed by atoms with van der Waals surface area (Å²) in [5, 5.41) is 12.4. The maximum absolute atomic E-state index is 8.90. The Labute approximate surface area is 96.3 Å². The summed E-state index contributed by atoms with van der Waals surface area (Å²) in [4.78, 5) is 0. The van der Waals surface area contributed by atoms with Gasteiger partial charge in [0.25, 0.3) is 0 Å². The highest BCUT2D eigenvalue weighted by molar-refractivity contribution is 5.62. The lowest BCUT2D eigenvalue weighted by atomic mass is 10.1. The van der Waals surface area contributed by atoms with Crippen molar-refractivity contribution >= 4 is 11.4 Å². The average Bonchev–Trinajstić information content (AvgIpc) is 2.67. The van der Waals surface area contributed by atoms with Gasteiger partial charge in [-0.2, -0.15) is 5.26 Å². The van der Waals surface area contributed by atoms with Crippen LogP contribution in [0.3, 0.4) is 0 Å². The number of nitrogens with two attached hydrogens (primary N) is 1. The minimum absolute atomic E-state index is 0.537. The topological polar surface area (TPSA) is 61.8 Å². The van der Waals surface area contributed by atoms with E-state index in [-0.39, 0.29) is 0 Å². The number of nitriles is 1. The zero-order chi connectivity index (χ0) is 11.5. The van der Waals surface area contributed by atoms with Crippen LogP contribution in [0.1, 0.15) is 31.7 Å². The first-order valence-corrected chi connectivity index (χ1v) is 5.77. The monoisotopic (exact) mass is 215 g/mol. The maximum atomic E-state index is 8.90. The Bertz CT molecular complexity index is 420. The number of anilines is 2. The molecule has 1 aromatic carbocycles. The first kappa shape index (κ1) is 10.8. The van der Waals surface area contributed by atoms with E-state index in [0.717, 1.165) is 5.69 Å². The Kier molecular flexibility index (Phi) is 3.00. The molecule has 2 atom stereocenters. The SMILES string of the molecule is CC1CCCC1Nc1ccc(N)c(C#N)c1. The number of rotatable bonds is 2. The third-order valence-corrected chi connectivity index (χ3v) is 3.39. The molecule has 0 saturated heterocycles. The van der Waals surface area contributed by atoms with E-state index in [1.54, 1.807) is 6.07 Å². The van der Waals surface area contributed by atoms with Gasteiger partial charge in [0.1, 0.15) is 6.07 Å². The van der Waals surface area contributed by atoms with Gasteiger partial charge < -0.3 is 11.1 Å². The van der Waals surface area contributed by atoms with Crippen molar-refractivity contribution in [1.29, 1.82) is 5.26 Å². The van der Waals surface area contributed by atoms with Crippen LogP contribution in [-0.4, -0.2) is 6.04 Å². The van der Waals surface area contributed by atoms with Crippen molar-refractivity contribution < 1.29 is 0 Å². The van der Waals surface area contributed by atoms with Gasteiger partial charge in [-0.05, 0) is 37.0 Å². The molecule has 2 unspecified atom stereocenters. The largest absolute Gasteiger partial charge is 0.398 e. The molecule has 1 aliphatic rings. The van der Waals surface area contributed by atoms with E-state index in [4.69, 9.17) is 11.0 Å². The summed E-state index contributed by atoms with van der Waals surface area (Å²) in [5.41, 5.74) is 7.79. The first-order valence-electron chi connectivity index (χ1n) is 5.77. The highest BCUT2D eigenvalue weighted by Crippen LogP contribution is 2.28. The fourth-order valence-corrected chi connectivity index (χ4v) is 2.32. The van der Waals surface area contributed by atoms with E-state index in [1.807, 2.05) is 12.1 Å². The van der Waals surface area contributed by atoms with Crippen LogP contribution in [-0.2, 0) is 0 Å². The minimum Gasteiger partial charge on any atom is -0.398 e. The van der Waals surface area contributed by atoms with Crippen LogP contribution in [0, 0.1) is 17.2 Å². The van der Waals surface area contributed by atoms with Crippen LogP contribution in [0.4, 0.5) is 11.4 Å². The van der Waals surface area contributed by atoms with Crippen LogP contribution < -0.4 is 11.1 Å². The molecule has 3 heteroatoms. The van der Waals surface area contributed by atoms with Gasteiger partial charge >= 0.3 is 0 Å². The summed E-state index contributed by atoms with van der Waals surface area (Å²) in [6.45, 7) is 2.27. The van der Waals surface area contributed by atoms with Crippen molar-refractivity contribution in [2.75, 3.05) is 11.1 Å². The minimum atomic E-state index is 0.537. The Morgan fingerprint density at radius 3 is 2.88 bits per heavy atom. The molecule has 1 fully saturated rings. The highest BCUT2D eigenvalue weighted by Gasteiger charge is 2.22. The molecule has 0 bridgehead atoms. The lowest BCUT2D eigenvalue weighted by molar-refractivity contribution is 0.556. The summed E-state index contributed by atoms with van der Waals surface area (Å²) < 4.78 is 0. The zero-order valence-electron chi connectivity index (χ0n) is 9.53. The van der Waals surface area contributed by atoms with Crippen LogP contribution in [0.5, 0.6) is 0 Å². The van der Waals surface area contributed by atoms with Gasteiger partial charge in [0.15, 0.2) is 0 Å². The van der Waals surface area contributed by atoms with Gasteiger partial charge in [-0.25, -0.2) is 0 Å². The number of hydrogen-bond donors (Lipinski definition) is 2. The number of nitrogen functional groups attached to an aromatic ring is 1. The van der Waals surface area contributed by atoms with Crippen molar-refractivity contribution in [3.8, 4) is 6.07 Å². The number of hydrogen-bond acceptors (Lipinski definition) is 3. The molecule has 16 heavy (non-hydrogen) atoms. The van der Waals surface area contributed by atoms with Gasteiger partial charge in [-0.15, -0.1) is 0 Å². The average molecular weight is 215 g/mol. The van der Waals surface area contributed by atoms with Crippen molar-refractivity contribution in [3.05, 3.63) is 23.8 Å². The quantitative estimate of drug-likeness (QED) is 0.746. The lowest BCUT2D eigenvalue weighted by Crippen LogP contribution is -2.21. The summed E-state index contributed by atoms with van der Waals surface area (Å²) in [6, 6.07) is 8.22. The van der Waals surface area contributed by atoms with E-state index >= 15 is 0 Å². The summed E-state index contributed by atoms with van der Waals surface area (Å²) in [6.07, 6.45) is 3.80. The van der Waals surface area contributed by atoms with Crippen LogP contribution in [0.2, 0.25) is 0 Å². The molecule has 3 N–H and O–H groups in total. The molecule has 1 aliphatic carbocycles. The molecular formula is C13H17N3. The standard InChI is InChI=1S/C13H17N3/c1-9-3-2-4-13(9)16-11-5-6-12(15)10(7-11)8-14/h5-7,9,13,16H,2-4,15H2,1H3. The number of benzene rings is 1. The fraction of sp³-hybridized carbons (Fsp3) is 0.462. The molecule has 1 aromatic rings. The molecule has 0 heterocycles.